The smallest absolute Gasteiger partial charge is 0.210 e. The third kappa shape index (κ3) is 1.96. The van der Waals surface area contributed by atoms with E-state index in [2.05, 4.69) is 6.92 Å². The van der Waals surface area contributed by atoms with Crippen LogP contribution in [0, 0.1) is 23.2 Å². The summed E-state index contributed by atoms with van der Waals surface area (Å²) in [5, 5.41) is 11.6. The Hall–Kier alpha value is -1.03. The molecule has 0 aromatic heterocycles. The van der Waals surface area contributed by atoms with Crippen molar-refractivity contribution in [2.24, 2.45) is 23.2 Å². The van der Waals surface area contributed by atoms with Crippen LogP contribution in [0.4, 0.5) is 0 Å². The predicted molar refractivity (Wildman–Crippen MR) is 85.0 cm³/mol. The molecule has 126 valence electrons. The van der Waals surface area contributed by atoms with Crippen LogP contribution in [-0.4, -0.2) is 28.7 Å². The van der Waals surface area contributed by atoms with E-state index in [1.165, 1.54) is 0 Å². The number of carbonyl (C=O) groups excluding carboxylic acids is 1. The maximum absolute atomic E-state index is 13.1. The quantitative estimate of drug-likeness (QED) is 0.865. The number of ether oxygens (including phenoxy) is 2. The van der Waals surface area contributed by atoms with Gasteiger partial charge in [0.15, 0.2) is 5.76 Å². The number of aliphatic hydroxyl groups is 1. The van der Waals surface area contributed by atoms with Gasteiger partial charge in [-0.15, -0.1) is 0 Å². The molecule has 22 heavy (non-hydrogen) atoms. The van der Waals surface area contributed by atoms with Crippen molar-refractivity contribution in [2.75, 3.05) is 0 Å². The Balaban J connectivity index is 2.64. The molecule has 0 saturated heterocycles. The average Bonchev–Trinajstić information content (AvgIpc) is 2.65. The van der Waals surface area contributed by atoms with Crippen molar-refractivity contribution >= 4 is 5.78 Å². The molecule has 1 N–H and O–H groups in total. The van der Waals surface area contributed by atoms with E-state index in [0.29, 0.717) is 5.76 Å². The summed E-state index contributed by atoms with van der Waals surface area (Å²) in [6, 6.07) is 0. The zero-order chi connectivity index (χ0) is 17.0. The van der Waals surface area contributed by atoms with Gasteiger partial charge in [0.05, 0.1) is 17.6 Å². The number of ketones is 1. The molecular weight excluding hydrogens is 280 g/mol. The van der Waals surface area contributed by atoms with Crippen LogP contribution in [-0.2, 0) is 14.3 Å². The Morgan fingerprint density at radius 1 is 1.00 bits per heavy atom. The lowest BCUT2D eigenvalue weighted by molar-refractivity contribution is -0.141. The summed E-state index contributed by atoms with van der Waals surface area (Å²) in [4.78, 5) is 13.1. The number of hydrogen-bond donors (Lipinski definition) is 1. The molecule has 0 radical (unpaired) electrons. The van der Waals surface area contributed by atoms with Gasteiger partial charge < -0.3 is 14.6 Å². The molecule has 4 nitrogen and oxygen atoms in total. The summed E-state index contributed by atoms with van der Waals surface area (Å²) in [6.45, 7) is 15.6. The average molecular weight is 310 g/mol. The fourth-order valence-electron chi connectivity index (χ4n) is 4.22. The first-order chi connectivity index (χ1) is 9.99. The number of hydrogen-bond acceptors (Lipinski definition) is 4. The molecule has 0 aliphatic heterocycles. The Bertz CT molecular complexity index is 507. The monoisotopic (exact) mass is 310 g/mol. The second kappa shape index (κ2) is 5.26. The molecule has 5 atom stereocenters. The van der Waals surface area contributed by atoms with Crippen LogP contribution in [0.2, 0.25) is 0 Å². The van der Waals surface area contributed by atoms with Crippen LogP contribution in [0.25, 0.3) is 0 Å². The van der Waals surface area contributed by atoms with Crippen LogP contribution in [0.5, 0.6) is 0 Å². The van der Waals surface area contributed by atoms with Gasteiger partial charge in [-0.25, -0.2) is 0 Å². The maximum atomic E-state index is 13.1. The lowest BCUT2D eigenvalue weighted by atomic mass is 9.70. The van der Waals surface area contributed by atoms with E-state index < -0.39 is 11.0 Å². The van der Waals surface area contributed by atoms with E-state index >= 15 is 0 Å². The highest BCUT2D eigenvalue weighted by Crippen LogP contribution is 2.64. The van der Waals surface area contributed by atoms with Crippen LogP contribution in [0.15, 0.2) is 11.5 Å². The Morgan fingerprint density at radius 3 is 1.95 bits per heavy atom. The van der Waals surface area contributed by atoms with Gasteiger partial charge in [-0.2, -0.15) is 0 Å². The molecule has 2 rings (SSSR count). The van der Waals surface area contributed by atoms with Crippen LogP contribution < -0.4 is 0 Å². The fraction of sp³-hybridized carbons (Fsp3) is 0.833. The molecule has 2 aliphatic rings. The van der Waals surface area contributed by atoms with E-state index in [4.69, 9.17) is 9.47 Å². The standard InChI is InChI=1S/C18H30O4/c1-9(2)21-14-15(19)17(8)12(6)11(5)13(7)18(17,20)16(14)22-10(3)4/h9-13,20H,1-8H3/t11-,12-,13-,17-,18-/m0/s1. The minimum atomic E-state index is -1.29. The first kappa shape index (κ1) is 17.3. The summed E-state index contributed by atoms with van der Waals surface area (Å²) < 4.78 is 11.7. The van der Waals surface area contributed by atoms with Crippen molar-refractivity contribution in [2.45, 2.75) is 73.2 Å². The van der Waals surface area contributed by atoms with Crippen LogP contribution in [0.3, 0.4) is 0 Å². The van der Waals surface area contributed by atoms with Gasteiger partial charge in [-0.05, 0) is 52.4 Å². The summed E-state index contributed by atoms with van der Waals surface area (Å²) in [7, 11) is 0. The Kier molecular flexibility index (Phi) is 4.14. The minimum Gasteiger partial charge on any atom is -0.488 e. The third-order valence-corrected chi connectivity index (χ3v) is 5.88. The van der Waals surface area contributed by atoms with E-state index in [1.807, 2.05) is 48.5 Å². The Labute approximate surface area is 133 Å². The largest absolute Gasteiger partial charge is 0.488 e. The molecule has 2 aliphatic carbocycles. The van der Waals surface area contributed by atoms with Gasteiger partial charge in [-0.1, -0.05) is 20.8 Å². The van der Waals surface area contributed by atoms with Crippen molar-refractivity contribution in [1.29, 1.82) is 0 Å². The molecular formula is C18H30O4. The van der Waals surface area contributed by atoms with E-state index in [1.54, 1.807) is 0 Å². The van der Waals surface area contributed by atoms with Gasteiger partial charge in [0, 0.05) is 0 Å². The topological polar surface area (TPSA) is 55.8 Å². The fourth-order valence-corrected chi connectivity index (χ4v) is 4.22. The SMILES string of the molecule is CC(C)OC1=C(OC(C)C)[C@@]2(O)[C@@H](C)[C@@H](C)[C@H](C)[C@@]2(C)C1=O. The van der Waals surface area contributed by atoms with E-state index in [0.717, 1.165) is 0 Å². The zero-order valence-electron chi connectivity index (χ0n) is 15.1. The second-order valence-electron chi connectivity index (χ2n) is 7.73. The summed E-state index contributed by atoms with van der Waals surface area (Å²) in [5.41, 5.74) is -2.18. The first-order valence-corrected chi connectivity index (χ1v) is 8.34. The van der Waals surface area contributed by atoms with Gasteiger partial charge >= 0.3 is 0 Å². The van der Waals surface area contributed by atoms with Crippen molar-refractivity contribution in [3.8, 4) is 0 Å². The zero-order valence-corrected chi connectivity index (χ0v) is 15.1. The van der Waals surface area contributed by atoms with Gasteiger partial charge in [0.1, 0.15) is 5.60 Å². The molecule has 1 saturated carbocycles. The maximum Gasteiger partial charge on any atom is 0.210 e. The van der Waals surface area contributed by atoms with Gasteiger partial charge in [-0.3, -0.25) is 4.79 Å². The summed E-state index contributed by atoms with van der Waals surface area (Å²) in [5.74, 6) is 0.651. The number of carbonyl (C=O) groups is 1. The van der Waals surface area contributed by atoms with Crippen molar-refractivity contribution in [3.05, 3.63) is 11.5 Å². The highest BCUT2D eigenvalue weighted by Gasteiger charge is 2.73. The molecule has 0 amide bonds. The molecule has 0 spiro atoms. The second-order valence-corrected chi connectivity index (χ2v) is 7.73. The van der Waals surface area contributed by atoms with Crippen LogP contribution in [0.1, 0.15) is 55.4 Å². The molecule has 0 heterocycles. The number of fused-ring (bicyclic) bond motifs is 1. The highest BCUT2D eigenvalue weighted by atomic mass is 16.5. The molecule has 0 aromatic rings. The van der Waals surface area contributed by atoms with Crippen molar-refractivity contribution < 1.29 is 19.4 Å². The number of rotatable bonds is 4. The highest BCUT2D eigenvalue weighted by molar-refractivity contribution is 6.04. The van der Waals surface area contributed by atoms with Gasteiger partial charge in [0.2, 0.25) is 11.5 Å². The van der Waals surface area contributed by atoms with Gasteiger partial charge in [0.25, 0.3) is 0 Å². The third-order valence-electron chi connectivity index (χ3n) is 5.88. The van der Waals surface area contributed by atoms with E-state index in [-0.39, 0.29) is 41.5 Å². The molecule has 0 aromatic carbocycles. The molecule has 0 unspecified atom stereocenters. The molecule has 1 fully saturated rings. The lowest BCUT2D eigenvalue weighted by Gasteiger charge is -2.37. The first-order valence-electron chi connectivity index (χ1n) is 8.34. The lowest BCUT2D eigenvalue weighted by Crippen LogP contribution is -2.49. The summed E-state index contributed by atoms with van der Waals surface area (Å²) >= 11 is 0. The number of allylic oxidation sites excluding steroid dienone is 1. The minimum absolute atomic E-state index is 0.0547. The van der Waals surface area contributed by atoms with Crippen molar-refractivity contribution in [3.63, 3.8) is 0 Å². The molecule has 4 heteroatoms. The Morgan fingerprint density at radius 2 is 1.50 bits per heavy atom. The summed E-state index contributed by atoms with van der Waals surface area (Å²) in [6.07, 6.45) is -0.267. The predicted octanol–water partition coefficient (Wildman–Crippen LogP) is 3.29. The number of Topliss-reactive ketones (excluding diaryl/α,β-unsaturated/α-hetero) is 1. The van der Waals surface area contributed by atoms with Crippen molar-refractivity contribution in [1.82, 2.24) is 0 Å². The molecule has 0 bridgehead atoms. The van der Waals surface area contributed by atoms with Crippen LogP contribution >= 0.6 is 0 Å². The van der Waals surface area contributed by atoms with E-state index in [9.17, 15) is 9.90 Å². The normalized spacial score (nSPS) is 41.6.